The van der Waals surface area contributed by atoms with Crippen LogP contribution < -0.4 is 0 Å². The van der Waals surface area contributed by atoms with Crippen molar-refractivity contribution in [3.63, 3.8) is 0 Å². The van der Waals surface area contributed by atoms with Crippen LogP contribution in [0.25, 0.3) is 0 Å². The predicted molar refractivity (Wildman–Crippen MR) is 52.0 cm³/mol. The van der Waals surface area contributed by atoms with E-state index in [0.29, 0.717) is 25.9 Å². The molecule has 13 heavy (non-hydrogen) atoms. The smallest absolute Gasteiger partial charge is 0.223 e. The summed E-state index contributed by atoms with van der Waals surface area (Å²) in [5, 5.41) is 8.52. The second-order valence-electron chi connectivity index (χ2n) is 2.79. The van der Waals surface area contributed by atoms with E-state index in [1.54, 1.807) is 4.90 Å². The van der Waals surface area contributed by atoms with Crippen molar-refractivity contribution in [2.75, 3.05) is 19.7 Å². The van der Waals surface area contributed by atoms with E-state index in [1.807, 2.05) is 6.92 Å². The van der Waals surface area contributed by atoms with Gasteiger partial charge in [0.15, 0.2) is 0 Å². The maximum Gasteiger partial charge on any atom is 0.223 e. The maximum atomic E-state index is 11.4. The van der Waals surface area contributed by atoms with Crippen molar-refractivity contribution >= 4 is 5.91 Å². The molecule has 0 fully saturated rings. The summed E-state index contributed by atoms with van der Waals surface area (Å²) in [7, 11) is 0. The van der Waals surface area contributed by atoms with Crippen molar-refractivity contribution in [2.24, 2.45) is 0 Å². The minimum Gasteiger partial charge on any atom is -0.396 e. The zero-order chi connectivity index (χ0) is 10.1. The highest BCUT2D eigenvalue weighted by molar-refractivity contribution is 5.76. The Labute approximate surface area is 79.7 Å². The third-order valence-electron chi connectivity index (χ3n) is 1.82. The molecule has 0 bridgehead atoms. The zero-order valence-electron chi connectivity index (χ0n) is 8.12. The van der Waals surface area contributed by atoms with Crippen molar-refractivity contribution < 1.29 is 9.90 Å². The first kappa shape index (κ1) is 12.0. The molecule has 0 heterocycles. The van der Waals surface area contributed by atoms with E-state index in [0.717, 1.165) is 6.42 Å². The van der Waals surface area contributed by atoms with E-state index >= 15 is 0 Å². The number of hydrogen-bond acceptors (Lipinski definition) is 2. The summed E-state index contributed by atoms with van der Waals surface area (Å²) in [5.41, 5.74) is 0. The van der Waals surface area contributed by atoms with Crippen LogP contribution in [0.2, 0.25) is 0 Å². The summed E-state index contributed by atoms with van der Waals surface area (Å²) in [5.74, 6) is 2.52. The van der Waals surface area contributed by atoms with Crippen LogP contribution in [0.15, 0.2) is 0 Å². The third-order valence-corrected chi connectivity index (χ3v) is 1.82. The van der Waals surface area contributed by atoms with Gasteiger partial charge >= 0.3 is 0 Å². The molecule has 0 spiro atoms. The average molecular weight is 183 g/mol. The van der Waals surface area contributed by atoms with Crippen molar-refractivity contribution in [1.29, 1.82) is 0 Å². The number of aliphatic hydroxyl groups excluding tert-OH is 1. The summed E-state index contributed by atoms with van der Waals surface area (Å²) in [6, 6.07) is 0. The quantitative estimate of drug-likeness (QED) is 0.484. The van der Waals surface area contributed by atoms with Gasteiger partial charge in [0.05, 0.1) is 6.54 Å². The minimum atomic E-state index is 0.0777. The molecule has 0 aliphatic rings. The van der Waals surface area contributed by atoms with E-state index in [1.165, 1.54) is 0 Å². The monoisotopic (exact) mass is 183 g/mol. The summed E-state index contributed by atoms with van der Waals surface area (Å²) in [6.07, 6.45) is 7.01. The fraction of sp³-hybridized carbons (Fsp3) is 0.700. The Morgan fingerprint density at radius 1 is 1.54 bits per heavy atom. The Morgan fingerprint density at radius 2 is 2.23 bits per heavy atom. The SMILES string of the molecule is C#CCN(CC)C(=O)CCCCO. The molecule has 0 aromatic heterocycles. The molecule has 1 amide bonds. The van der Waals surface area contributed by atoms with Gasteiger partial charge in [-0.25, -0.2) is 0 Å². The molecular formula is C10H17NO2. The number of carbonyl (C=O) groups excluding carboxylic acids is 1. The molecule has 0 saturated carbocycles. The molecule has 0 radical (unpaired) electrons. The summed E-state index contributed by atoms with van der Waals surface area (Å²) in [6.45, 7) is 3.09. The predicted octanol–water partition coefficient (Wildman–Crippen LogP) is 0.631. The molecule has 3 heteroatoms. The number of unbranched alkanes of at least 4 members (excludes halogenated alkanes) is 1. The molecule has 0 aliphatic heterocycles. The lowest BCUT2D eigenvalue weighted by atomic mass is 10.2. The summed E-state index contributed by atoms with van der Waals surface area (Å²) in [4.78, 5) is 13.0. The van der Waals surface area contributed by atoms with Crippen molar-refractivity contribution in [3.8, 4) is 12.3 Å². The van der Waals surface area contributed by atoms with Crippen LogP contribution in [-0.2, 0) is 4.79 Å². The van der Waals surface area contributed by atoms with Crippen LogP contribution in [0.1, 0.15) is 26.2 Å². The second-order valence-corrected chi connectivity index (χ2v) is 2.79. The Hall–Kier alpha value is -1.01. The molecule has 0 aromatic carbocycles. The summed E-state index contributed by atoms with van der Waals surface area (Å²) >= 11 is 0. The molecule has 0 aromatic rings. The lowest BCUT2D eigenvalue weighted by Crippen LogP contribution is -2.30. The van der Waals surface area contributed by atoms with Gasteiger partial charge in [-0.2, -0.15) is 0 Å². The molecule has 0 atom stereocenters. The number of terminal acetylenes is 1. The lowest BCUT2D eigenvalue weighted by molar-refractivity contribution is -0.130. The van der Waals surface area contributed by atoms with Gasteiger partial charge in [-0.05, 0) is 19.8 Å². The molecule has 1 N–H and O–H groups in total. The first-order chi connectivity index (χ1) is 6.26. The van der Waals surface area contributed by atoms with E-state index in [2.05, 4.69) is 5.92 Å². The number of hydrogen-bond donors (Lipinski definition) is 1. The molecule has 0 saturated heterocycles. The van der Waals surface area contributed by atoms with Gasteiger partial charge < -0.3 is 10.0 Å². The Bertz CT molecular complexity index is 184. The molecule has 3 nitrogen and oxygen atoms in total. The first-order valence-electron chi connectivity index (χ1n) is 4.58. The number of nitrogens with zero attached hydrogens (tertiary/aromatic N) is 1. The van der Waals surface area contributed by atoms with E-state index in [4.69, 9.17) is 11.5 Å². The van der Waals surface area contributed by atoms with E-state index < -0.39 is 0 Å². The number of carbonyl (C=O) groups is 1. The molecule has 0 unspecified atom stereocenters. The topological polar surface area (TPSA) is 40.5 Å². The van der Waals surface area contributed by atoms with E-state index in [-0.39, 0.29) is 12.5 Å². The van der Waals surface area contributed by atoms with Gasteiger partial charge in [-0.3, -0.25) is 4.79 Å². The highest BCUT2D eigenvalue weighted by Crippen LogP contribution is 1.99. The minimum absolute atomic E-state index is 0.0777. The normalized spacial score (nSPS) is 9.31. The van der Waals surface area contributed by atoms with Gasteiger partial charge in [-0.1, -0.05) is 5.92 Å². The summed E-state index contributed by atoms with van der Waals surface area (Å²) < 4.78 is 0. The van der Waals surface area contributed by atoms with Gasteiger partial charge in [0, 0.05) is 19.6 Å². The zero-order valence-corrected chi connectivity index (χ0v) is 8.12. The third kappa shape index (κ3) is 5.26. The lowest BCUT2D eigenvalue weighted by Gasteiger charge is -2.17. The second kappa shape index (κ2) is 7.63. The molecular weight excluding hydrogens is 166 g/mol. The van der Waals surface area contributed by atoms with Crippen molar-refractivity contribution in [2.45, 2.75) is 26.2 Å². The van der Waals surface area contributed by atoms with E-state index in [9.17, 15) is 4.79 Å². The van der Waals surface area contributed by atoms with Crippen LogP contribution in [0.5, 0.6) is 0 Å². The number of rotatable bonds is 6. The van der Waals surface area contributed by atoms with Crippen LogP contribution in [0.3, 0.4) is 0 Å². The Balaban J connectivity index is 3.72. The molecule has 0 aliphatic carbocycles. The highest BCUT2D eigenvalue weighted by atomic mass is 16.2. The molecule has 0 rings (SSSR count). The highest BCUT2D eigenvalue weighted by Gasteiger charge is 2.08. The largest absolute Gasteiger partial charge is 0.396 e. The average Bonchev–Trinajstić information content (AvgIpc) is 2.14. The van der Waals surface area contributed by atoms with Crippen LogP contribution in [0.4, 0.5) is 0 Å². The Kier molecular flexibility index (Phi) is 7.04. The number of amides is 1. The fourth-order valence-electron chi connectivity index (χ4n) is 1.03. The number of aliphatic hydroxyl groups is 1. The fourth-order valence-corrected chi connectivity index (χ4v) is 1.03. The van der Waals surface area contributed by atoms with Crippen molar-refractivity contribution in [1.82, 2.24) is 4.90 Å². The maximum absolute atomic E-state index is 11.4. The van der Waals surface area contributed by atoms with Crippen LogP contribution in [-0.4, -0.2) is 35.6 Å². The molecule has 74 valence electrons. The van der Waals surface area contributed by atoms with Gasteiger partial charge in [0.25, 0.3) is 0 Å². The first-order valence-corrected chi connectivity index (χ1v) is 4.58. The van der Waals surface area contributed by atoms with Gasteiger partial charge in [0.1, 0.15) is 0 Å². The Morgan fingerprint density at radius 3 is 2.69 bits per heavy atom. The standard InChI is InChI=1S/C10H17NO2/c1-3-8-11(4-2)10(13)7-5-6-9-12/h1,12H,4-9H2,2H3. The van der Waals surface area contributed by atoms with Crippen LogP contribution in [0, 0.1) is 12.3 Å². The van der Waals surface area contributed by atoms with Crippen LogP contribution >= 0.6 is 0 Å². The van der Waals surface area contributed by atoms with Crippen molar-refractivity contribution in [3.05, 3.63) is 0 Å². The van der Waals surface area contributed by atoms with Gasteiger partial charge in [-0.15, -0.1) is 6.42 Å². The van der Waals surface area contributed by atoms with Gasteiger partial charge in [0.2, 0.25) is 5.91 Å².